The van der Waals surface area contributed by atoms with Crippen molar-refractivity contribution in [3.63, 3.8) is 0 Å². The van der Waals surface area contributed by atoms with Gasteiger partial charge in [0.1, 0.15) is 6.61 Å². The van der Waals surface area contributed by atoms with Gasteiger partial charge in [-0.3, -0.25) is 9.59 Å². The lowest BCUT2D eigenvalue weighted by Gasteiger charge is -2.25. The number of hydrogen-bond acceptors (Lipinski definition) is 6. The summed E-state index contributed by atoms with van der Waals surface area (Å²) in [5, 5.41) is 22.8. The van der Waals surface area contributed by atoms with Gasteiger partial charge in [-0.25, -0.2) is 0 Å². The van der Waals surface area contributed by atoms with Crippen LogP contribution in [0.1, 0.15) is 42.6 Å². The molecule has 1 heterocycles. The highest BCUT2D eigenvalue weighted by atomic mass is 19.4. The number of benzene rings is 2. The van der Waals surface area contributed by atoms with Crippen LogP contribution >= 0.6 is 0 Å². The molecule has 0 saturated heterocycles. The molecule has 2 unspecified atom stereocenters. The summed E-state index contributed by atoms with van der Waals surface area (Å²) in [6.07, 6.45) is -3.67. The van der Waals surface area contributed by atoms with Gasteiger partial charge in [0, 0.05) is 29.4 Å². The number of carbonyl (C=O) groups excluding carboxylic acids is 1. The largest absolute Gasteiger partial charge is 0.481 e. The van der Waals surface area contributed by atoms with Crippen LogP contribution in [0.2, 0.25) is 0 Å². The number of carbonyl (C=O) groups is 2. The number of ether oxygens (including phenoxy) is 1. The van der Waals surface area contributed by atoms with Crippen molar-refractivity contribution in [1.82, 2.24) is 15.5 Å². The van der Waals surface area contributed by atoms with E-state index in [1.165, 1.54) is 12.1 Å². The van der Waals surface area contributed by atoms with Gasteiger partial charge in [-0.15, -0.1) is 10.2 Å². The average molecular weight is 531 g/mol. The van der Waals surface area contributed by atoms with Crippen LogP contribution in [0.4, 0.5) is 18.9 Å². The first kappa shape index (κ1) is 28.4. The fourth-order valence-electron chi connectivity index (χ4n) is 3.51. The predicted octanol–water partition coefficient (Wildman–Crippen LogP) is 5.27. The maximum atomic E-state index is 12.8. The van der Waals surface area contributed by atoms with Crippen LogP contribution in [0.5, 0.6) is 5.88 Å². The van der Waals surface area contributed by atoms with Crippen LogP contribution in [-0.4, -0.2) is 46.4 Å². The monoisotopic (exact) mass is 530 g/mol. The van der Waals surface area contributed by atoms with Gasteiger partial charge >= 0.3 is 12.1 Å². The number of nitrogens with one attached hydrogen (secondary N) is 2. The van der Waals surface area contributed by atoms with E-state index in [1.54, 1.807) is 36.4 Å². The number of carboxylic acid groups (broad SMARTS) is 1. The molecule has 0 aliphatic carbocycles. The third-order valence-electron chi connectivity index (χ3n) is 6.01. The van der Waals surface area contributed by atoms with Gasteiger partial charge in [0.25, 0.3) is 5.91 Å². The van der Waals surface area contributed by atoms with Crippen LogP contribution < -0.4 is 15.4 Å². The second-order valence-electron chi connectivity index (χ2n) is 8.76. The Morgan fingerprint density at radius 3 is 2.24 bits per heavy atom. The van der Waals surface area contributed by atoms with E-state index >= 15 is 0 Å². The zero-order chi connectivity index (χ0) is 27.7. The lowest BCUT2D eigenvalue weighted by Crippen LogP contribution is -2.33. The molecule has 0 bridgehead atoms. The van der Waals surface area contributed by atoms with Crippen molar-refractivity contribution in [3.05, 3.63) is 71.8 Å². The molecule has 0 aliphatic rings. The number of hydrogen-bond donors (Lipinski definition) is 3. The van der Waals surface area contributed by atoms with E-state index in [9.17, 15) is 22.8 Å². The van der Waals surface area contributed by atoms with Gasteiger partial charge in [-0.2, -0.15) is 13.2 Å². The summed E-state index contributed by atoms with van der Waals surface area (Å²) in [5.74, 6) is -0.820. The fourth-order valence-corrected chi connectivity index (χ4v) is 3.51. The number of nitrogens with zero attached hydrogens (tertiary/aromatic N) is 2. The van der Waals surface area contributed by atoms with Crippen molar-refractivity contribution < 1.29 is 32.6 Å². The summed E-state index contributed by atoms with van der Waals surface area (Å²) >= 11 is 0. The highest BCUT2D eigenvalue weighted by Crippen LogP contribution is 2.30. The van der Waals surface area contributed by atoms with Crippen molar-refractivity contribution in [2.24, 2.45) is 5.92 Å². The highest BCUT2D eigenvalue weighted by molar-refractivity contribution is 5.94. The Morgan fingerprint density at radius 2 is 1.68 bits per heavy atom. The van der Waals surface area contributed by atoms with E-state index < -0.39 is 17.7 Å². The molecular formula is C27H29F3N4O4. The van der Waals surface area contributed by atoms with Crippen molar-refractivity contribution in [2.75, 3.05) is 18.5 Å². The van der Waals surface area contributed by atoms with Crippen LogP contribution in [0.25, 0.3) is 11.3 Å². The zero-order valence-electron chi connectivity index (χ0n) is 21.0. The SMILES string of the molecule is CCC(C)C(COc1ccc(-c2ccc(C(F)(F)F)cc2)nn1)Nc1ccc(C(=O)NCCC(=O)O)cc1. The topological polar surface area (TPSA) is 113 Å². The smallest absolute Gasteiger partial charge is 0.416 e. The van der Waals surface area contributed by atoms with Crippen LogP contribution in [0, 0.1) is 5.92 Å². The number of carboxylic acids is 1. The molecule has 1 amide bonds. The van der Waals surface area contributed by atoms with Crippen LogP contribution in [0.3, 0.4) is 0 Å². The number of alkyl halides is 3. The van der Waals surface area contributed by atoms with E-state index in [-0.39, 0.29) is 43.3 Å². The summed E-state index contributed by atoms with van der Waals surface area (Å²) in [6, 6.07) is 14.7. The zero-order valence-corrected chi connectivity index (χ0v) is 21.0. The summed E-state index contributed by atoms with van der Waals surface area (Å²) in [6.45, 7) is 4.46. The Labute approximate surface area is 218 Å². The maximum absolute atomic E-state index is 12.8. The second kappa shape index (κ2) is 12.9. The lowest BCUT2D eigenvalue weighted by molar-refractivity contribution is -0.138. The Balaban J connectivity index is 1.58. The molecule has 38 heavy (non-hydrogen) atoms. The Morgan fingerprint density at radius 1 is 1.00 bits per heavy atom. The number of rotatable bonds is 12. The molecule has 0 aliphatic heterocycles. The van der Waals surface area contributed by atoms with Gasteiger partial charge in [-0.05, 0) is 48.4 Å². The number of halogens is 3. The van der Waals surface area contributed by atoms with E-state index in [4.69, 9.17) is 9.84 Å². The number of aromatic nitrogens is 2. The average Bonchev–Trinajstić information content (AvgIpc) is 2.90. The molecule has 0 saturated carbocycles. The summed E-state index contributed by atoms with van der Waals surface area (Å²) in [4.78, 5) is 22.7. The number of anilines is 1. The van der Waals surface area contributed by atoms with Gasteiger partial charge < -0.3 is 20.5 Å². The standard InChI is InChI=1S/C27H29F3N4O4/c1-3-17(2)23(32-21-10-6-19(7-11-21)26(37)31-15-14-25(35)36)16-38-24-13-12-22(33-34-24)18-4-8-20(9-5-18)27(28,29)30/h4-13,17,23,32H,3,14-16H2,1-2H3,(H,31,37)(H,35,36). The van der Waals surface area contributed by atoms with E-state index in [2.05, 4.69) is 34.7 Å². The van der Waals surface area contributed by atoms with Crippen molar-refractivity contribution in [2.45, 2.75) is 38.9 Å². The van der Waals surface area contributed by atoms with E-state index in [1.807, 2.05) is 0 Å². The first-order valence-corrected chi connectivity index (χ1v) is 12.1. The van der Waals surface area contributed by atoms with Gasteiger partial charge in [0.05, 0.1) is 23.7 Å². The highest BCUT2D eigenvalue weighted by Gasteiger charge is 2.30. The number of aliphatic carboxylic acids is 1. The Hall–Kier alpha value is -4.15. The van der Waals surface area contributed by atoms with Gasteiger partial charge in [-0.1, -0.05) is 32.4 Å². The Bertz CT molecular complexity index is 1200. The van der Waals surface area contributed by atoms with E-state index in [0.29, 0.717) is 16.8 Å². The second-order valence-corrected chi connectivity index (χ2v) is 8.76. The quantitative estimate of drug-likeness (QED) is 0.292. The molecule has 1 aromatic heterocycles. The van der Waals surface area contributed by atoms with E-state index in [0.717, 1.165) is 24.2 Å². The van der Waals surface area contributed by atoms with Crippen molar-refractivity contribution in [1.29, 1.82) is 0 Å². The normalized spacial score (nSPS) is 12.9. The van der Waals surface area contributed by atoms with Crippen molar-refractivity contribution >= 4 is 17.6 Å². The first-order chi connectivity index (χ1) is 18.1. The minimum atomic E-state index is -4.40. The summed E-state index contributed by atoms with van der Waals surface area (Å²) in [7, 11) is 0. The molecule has 0 radical (unpaired) electrons. The molecule has 0 fully saturated rings. The molecule has 11 heteroatoms. The van der Waals surface area contributed by atoms with Crippen LogP contribution in [-0.2, 0) is 11.0 Å². The van der Waals surface area contributed by atoms with Gasteiger partial charge in [0.15, 0.2) is 0 Å². The predicted molar refractivity (Wildman–Crippen MR) is 136 cm³/mol. The molecule has 3 rings (SSSR count). The molecule has 8 nitrogen and oxygen atoms in total. The number of amides is 1. The molecule has 0 spiro atoms. The maximum Gasteiger partial charge on any atom is 0.416 e. The molecular weight excluding hydrogens is 501 g/mol. The fraction of sp³-hybridized carbons (Fsp3) is 0.333. The van der Waals surface area contributed by atoms with Crippen LogP contribution in [0.15, 0.2) is 60.7 Å². The minimum absolute atomic E-state index is 0.0514. The lowest BCUT2D eigenvalue weighted by atomic mass is 9.99. The van der Waals surface area contributed by atoms with Gasteiger partial charge in [0.2, 0.25) is 5.88 Å². The third-order valence-corrected chi connectivity index (χ3v) is 6.01. The molecule has 2 atom stereocenters. The third kappa shape index (κ3) is 8.19. The molecule has 3 aromatic rings. The summed E-state index contributed by atoms with van der Waals surface area (Å²) in [5.41, 5.74) is 1.40. The summed E-state index contributed by atoms with van der Waals surface area (Å²) < 4.78 is 44.2. The van der Waals surface area contributed by atoms with Crippen molar-refractivity contribution in [3.8, 4) is 17.1 Å². The molecule has 2 aromatic carbocycles. The first-order valence-electron chi connectivity index (χ1n) is 12.1. The Kier molecular flexibility index (Phi) is 9.64. The molecule has 202 valence electrons. The minimum Gasteiger partial charge on any atom is -0.481 e. The molecule has 3 N–H and O–H groups in total.